The molecule has 1 aliphatic heterocycles. The van der Waals surface area contributed by atoms with E-state index >= 15 is 0 Å². The van der Waals surface area contributed by atoms with E-state index in [9.17, 15) is 0 Å². The molecule has 0 spiro atoms. The summed E-state index contributed by atoms with van der Waals surface area (Å²) in [4.78, 5) is 4.86. The van der Waals surface area contributed by atoms with Gasteiger partial charge in [-0.05, 0) is 66.7 Å². The van der Waals surface area contributed by atoms with Gasteiger partial charge in [-0.3, -0.25) is 0 Å². The molecule has 0 unspecified atom stereocenters. The first-order valence-electron chi connectivity index (χ1n) is 21.7. The number of pyridine rings is 1. The molecule has 0 aliphatic carbocycles. The maximum atomic E-state index is 6.68. The van der Waals surface area contributed by atoms with Crippen molar-refractivity contribution in [2.75, 3.05) is 0 Å². The Balaban J connectivity index is 0.00000544. The van der Waals surface area contributed by atoms with Gasteiger partial charge in [0.1, 0.15) is 11.5 Å². The van der Waals surface area contributed by atoms with E-state index in [0.717, 1.165) is 50.4 Å². The van der Waals surface area contributed by atoms with Crippen LogP contribution in [0.4, 0.5) is 22.7 Å². The number of ether oxygens (including phenoxy) is 1. The van der Waals surface area contributed by atoms with Crippen LogP contribution in [0.1, 0.15) is 104 Å². The van der Waals surface area contributed by atoms with E-state index in [2.05, 4.69) is 223 Å². The first-order valence-corrected chi connectivity index (χ1v) is 21.7. The molecule has 3 heterocycles. The summed E-state index contributed by atoms with van der Waals surface area (Å²) in [6.45, 7) is 25.0. The maximum absolute atomic E-state index is 6.68. The molecule has 0 saturated carbocycles. The van der Waals surface area contributed by atoms with Gasteiger partial charge in [0.2, 0.25) is 5.69 Å². The summed E-state index contributed by atoms with van der Waals surface area (Å²) in [5, 5.41) is 2.23. The van der Waals surface area contributed by atoms with Gasteiger partial charge < -0.3 is 9.30 Å². The van der Waals surface area contributed by atoms with Crippen molar-refractivity contribution in [1.29, 1.82) is 0 Å². The molecule has 0 amide bonds. The number of nitrogens with zero attached hydrogens (tertiary/aromatic N) is 4. The van der Waals surface area contributed by atoms with Gasteiger partial charge in [0.05, 0.1) is 0 Å². The van der Waals surface area contributed by atoms with Crippen LogP contribution < -0.4 is 13.9 Å². The van der Waals surface area contributed by atoms with Gasteiger partial charge in [-0.2, -0.15) is 12.1 Å². The van der Waals surface area contributed by atoms with Crippen LogP contribution in [0.25, 0.3) is 27.6 Å². The molecule has 0 saturated heterocycles. The molecular formula is C57H56N4OPt+2. The van der Waals surface area contributed by atoms with Gasteiger partial charge in [0.15, 0.2) is 0 Å². The molecule has 9 rings (SSSR count). The minimum atomic E-state index is -0.313. The van der Waals surface area contributed by atoms with Gasteiger partial charge in [-0.1, -0.05) is 165 Å². The minimum Gasteiger partial charge on any atom is -0.509 e. The molecule has 6 aromatic carbocycles. The fourth-order valence-electron chi connectivity index (χ4n) is 8.57. The van der Waals surface area contributed by atoms with E-state index in [0.29, 0.717) is 11.5 Å². The molecule has 63 heavy (non-hydrogen) atoms. The second kappa shape index (κ2) is 16.0. The summed E-state index contributed by atoms with van der Waals surface area (Å²) in [5.74, 6) is 2.03. The number of hydrogen-bond acceptors (Lipinski definition) is 2. The van der Waals surface area contributed by atoms with Crippen LogP contribution in [0.5, 0.6) is 11.5 Å². The Morgan fingerprint density at radius 1 is 0.556 bits per heavy atom. The Morgan fingerprint density at radius 3 is 1.90 bits per heavy atom. The Hall–Kier alpha value is -5.86. The van der Waals surface area contributed by atoms with Crippen molar-refractivity contribution < 1.29 is 25.8 Å². The van der Waals surface area contributed by atoms with Crippen molar-refractivity contribution in [3.63, 3.8) is 0 Å². The number of hydrogen-bond donors (Lipinski definition) is 0. The maximum Gasteiger partial charge on any atom is 2.00 e. The van der Waals surface area contributed by atoms with E-state index in [1.807, 2.05) is 24.4 Å². The Kier molecular flexibility index (Phi) is 11.1. The SMILES string of the molecule is CC(C)(C)c1cc([N+]2=C=[N+](c3[c-]c(Oc4[c-]c5c(cc4)c4ccccc4n5-c4cc(C(C)(C)C)ccn4)ccc3)c3cccc(C(C)(C)c4ccccc4)c32)cc(C(C)(C)C)c1.[Pt+2]. The smallest absolute Gasteiger partial charge is 0.509 e. The normalized spacial score (nSPS) is 13.1. The fraction of sp³-hybridized carbons (Fsp3) is 0.263. The van der Waals surface area contributed by atoms with E-state index in [1.165, 1.54) is 27.8 Å². The second-order valence-corrected chi connectivity index (χ2v) is 20.3. The number of fused-ring (bicyclic) bond motifs is 4. The molecule has 0 fully saturated rings. The largest absolute Gasteiger partial charge is 2.00 e. The van der Waals surface area contributed by atoms with Crippen molar-refractivity contribution in [3.05, 3.63) is 180 Å². The average molecular weight is 1010 g/mol. The summed E-state index contributed by atoms with van der Waals surface area (Å²) in [7, 11) is 0. The van der Waals surface area contributed by atoms with Crippen molar-refractivity contribution in [1.82, 2.24) is 18.7 Å². The molecule has 6 heteroatoms. The number of benzene rings is 6. The predicted molar refractivity (Wildman–Crippen MR) is 258 cm³/mol. The Labute approximate surface area is 387 Å². The Morgan fingerprint density at radius 2 is 1.21 bits per heavy atom. The van der Waals surface area contributed by atoms with Gasteiger partial charge in [-0.25, -0.2) is 4.98 Å². The quantitative estimate of drug-likeness (QED) is 0.118. The zero-order valence-electron chi connectivity index (χ0n) is 38.3. The Bertz CT molecular complexity index is 3080. The van der Waals surface area contributed by atoms with Crippen LogP contribution in [0.3, 0.4) is 0 Å². The van der Waals surface area contributed by atoms with Gasteiger partial charge in [0.25, 0.3) is 5.69 Å². The predicted octanol–water partition coefficient (Wildman–Crippen LogP) is 14.6. The molecule has 0 N–H and O–H groups in total. The molecule has 5 nitrogen and oxygen atoms in total. The molecule has 8 aromatic rings. The van der Waals surface area contributed by atoms with Crippen LogP contribution >= 0.6 is 0 Å². The number of aromatic nitrogens is 2. The number of para-hydroxylation sites is 2. The average Bonchev–Trinajstić information content (AvgIpc) is 3.79. The molecule has 0 radical (unpaired) electrons. The first kappa shape index (κ1) is 43.8. The van der Waals surface area contributed by atoms with Gasteiger partial charge >= 0.3 is 32.8 Å². The zero-order chi connectivity index (χ0) is 43.8. The summed E-state index contributed by atoms with van der Waals surface area (Å²) >= 11 is 0. The summed E-state index contributed by atoms with van der Waals surface area (Å²) in [6, 6.07) is 58.5. The van der Waals surface area contributed by atoms with Crippen LogP contribution in [-0.2, 0) is 42.7 Å². The van der Waals surface area contributed by atoms with E-state index in [-0.39, 0.29) is 42.7 Å². The molecule has 1 aliphatic rings. The topological polar surface area (TPSA) is 33.1 Å². The molecule has 0 bridgehead atoms. The number of rotatable bonds is 7. The standard InChI is InChI=1S/C57H56N4O.Pt/c1-54(2,3)39-29-30-58-52(34-39)61-49-25-16-15-23-46(49)47-28-27-45(36-51(47)61)62-44-22-17-21-42(35-44)59-37-60(43-32-40(55(4,5)6)31-41(33-43)56(7,8)9)53-48(24-18-26-50(53)59)57(10,11)38-19-13-12-14-20-38;/h12-34H,1-11H3;/q;+2. The summed E-state index contributed by atoms with van der Waals surface area (Å²) < 4.78 is 13.3. The monoisotopic (exact) mass is 1010 g/mol. The van der Waals surface area contributed by atoms with E-state index < -0.39 is 0 Å². The molecule has 318 valence electrons. The third-order valence-electron chi connectivity index (χ3n) is 12.4. The van der Waals surface area contributed by atoms with Gasteiger partial charge in [0, 0.05) is 52.4 Å². The van der Waals surface area contributed by atoms with Crippen LogP contribution in [0.15, 0.2) is 140 Å². The molecular weight excluding hydrogens is 952 g/mol. The minimum absolute atomic E-state index is 0. The summed E-state index contributed by atoms with van der Waals surface area (Å²) in [6.07, 6.45) is 1.90. The van der Waals surface area contributed by atoms with Crippen molar-refractivity contribution in [3.8, 4) is 17.3 Å². The van der Waals surface area contributed by atoms with Crippen molar-refractivity contribution >= 4 is 50.6 Å². The van der Waals surface area contributed by atoms with Crippen LogP contribution in [0.2, 0.25) is 0 Å². The third-order valence-corrected chi connectivity index (χ3v) is 12.4. The summed E-state index contributed by atoms with van der Waals surface area (Å²) in [5.41, 5.74) is 11.8. The van der Waals surface area contributed by atoms with Crippen LogP contribution in [0, 0.1) is 12.1 Å². The van der Waals surface area contributed by atoms with Crippen LogP contribution in [-0.4, -0.2) is 15.6 Å². The fourth-order valence-corrected chi connectivity index (χ4v) is 8.57. The first-order chi connectivity index (χ1) is 29.4. The third kappa shape index (κ3) is 8.14. The molecule has 2 aromatic heterocycles. The second-order valence-electron chi connectivity index (χ2n) is 20.3. The zero-order valence-corrected chi connectivity index (χ0v) is 40.6. The van der Waals surface area contributed by atoms with Crippen molar-refractivity contribution in [2.24, 2.45) is 0 Å². The van der Waals surface area contributed by atoms with E-state index in [1.54, 1.807) is 0 Å². The molecule has 0 atom stereocenters. The van der Waals surface area contributed by atoms with E-state index in [4.69, 9.17) is 9.72 Å². The van der Waals surface area contributed by atoms with Gasteiger partial charge in [-0.15, -0.1) is 23.6 Å². The van der Waals surface area contributed by atoms with Crippen molar-refractivity contribution in [2.45, 2.75) is 97.8 Å².